The lowest BCUT2D eigenvalue weighted by atomic mass is 10.0. The SMILES string of the molecule is CCN(CC(=O)Nc1c(C)cccc1C)C(=O)[C@@H](N)CC(C)C.Cl. The Morgan fingerprint density at radius 2 is 1.75 bits per heavy atom. The standard InChI is InChI=1S/C18H29N3O2.ClH/c1-6-21(18(23)15(19)10-12(2)3)11-16(22)20-17-13(4)8-7-9-14(17)5;/h7-9,12,15H,6,10-11,19H2,1-5H3,(H,20,22);1H/t15-;/m0./s1. The van der Waals surface area contributed by atoms with Gasteiger partial charge in [-0.1, -0.05) is 32.0 Å². The van der Waals surface area contributed by atoms with Crippen LogP contribution in [0.3, 0.4) is 0 Å². The predicted octanol–water partition coefficient (Wildman–Crippen LogP) is 2.89. The molecule has 0 unspecified atom stereocenters. The molecule has 136 valence electrons. The van der Waals surface area contributed by atoms with Crippen LogP contribution in [0.25, 0.3) is 0 Å². The summed E-state index contributed by atoms with van der Waals surface area (Å²) in [6.07, 6.45) is 0.619. The molecular formula is C18H30ClN3O2. The number of hydrogen-bond donors (Lipinski definition) is 2. The van der Waals surface area contributed by atoms with Gasteiger partial charge in [0.15, 0.2) is 0 Å². The summed E-state index contributed by atoms with van der Waals surface area (Å²) < 4.78 is 0. The number of carbonyl (C=O) groups is 2. The van der Waals surface area contributed by atoms with E-state index >= 15 is 0 Å². The van der Waals surface area contributed by atoms with Gasteiger partial charge in [0.05, 0.1) is 12.6 Å². The number of anilines is 1. The van der Waals surface area contributed by atoms with Gasteiger partial charge in [-0.15, -0.1) is 12.4 Å². The lowest BCUT2D eigenvalue weighted by Crippen LogP contribution is -2.47. The number of likely N-dealkylation sites (N-methyl/N-ethyl adjacent to an activating group) is 1. The van der Waals surface area contributed by atoms with Gasteiger partial charge < -0.3 is 16.0 Å². The lowest BCUT2D eigenvalue weighted by molar-refractivity contribution is -0.135. The molecule has 0 aliphatic carbocycles. The van der Waals surface area contributed by atoms with E-state index in [1.807, 2.05) is 52.8 Å². The molecule has 1 aromatic carbocycles. The maximum atomic E-state index is 12.4. The van der Waals surface area contributed by atoms with Crippen LogP contribution >= 0.6 is 12.4 Å². The van der Waals surface area contributed by atoms with Crippen LogP contribution in [0, 0.1) is 19.8 Å². The molecule has 0 spiro atoms. The first-order valence-corrected chi connectivity index (χ1v) is 8.16. The Balaban J connectivity index is 0.00000529. The van der Waals surface area contributed by atoms with Crippen molar-refractivity contribution in [3.8, 4) is 0 Å². The zero-order chi connectivity index (χ0) is 17.6. The molecule has 2 amide bonds. The number of nitrogens with one attached hydrogen (secondary N) is 1. The van der Waals surface area contributed by atoms with E-state index in [0.29, 0.717) is 18.9 Å². The molecule has 0 saturated heterocycles. The number of hydrogen-bond acceptors (Lipinski definition) is 3. The minimum Gasteiger partial charge on any atom is -0.332 e. The summed E-state index contributed by atoms with van der Waals surface area (Å²) in [6.45, 7) is 10.3. The van der Waals surface area contributed by atoms with Crippen LogP contribution in [0.4, 0.5) is 5.69 Å². The van der Waals surface area contributed by atoms with E-state index in [1.165, 1.54) is 4.90 Å². The molecule has 5 nitrogen and oxygen atoms in total. The smallest absolute Gasteiger partial charge is 0.244 e. The highest BCUT2D eigenvalue weighted by atomic mass is 35.5. The molecule has 0 saturated carbocycles. The van der Waals surface area contributed by atoms with Crippen molar-refractivity contribution >= 4 is 29.9 Å². The first-order chi connectivity index (χ1) is 10.8. The Kier molecular flexibility index (Phi) is 9.63. The third-order valence-electron chi connectivity index (χ3n) is 3.82. The first-order valence-electron chi connectivity index (χ1n) is 8.16. The highest BCUT2D eigenvalue weighted by molar-refractivity contribution is 5.96. The van der Waals surface area contributed by atoms with Gasteiger partial charge in [-0.3, -0.25) is 9.59 Å². The maximum Gasteiger partial charge on any atom is 0.244 e. The largest absolute Gasteiger partial charge is 0.332 e. The van der Waals surface area contributed by atoms with E-state index in [-0.39, 0.29) is 30.8 Å². The Labute approximate surface area is 151 Å². The summed E-state index contributed by atoms with van der Waals surface area (Å²) in [4.78, 5) is 26.2. The van der Waals surface area contributed by atoms with E-state index in [0.717, 1.165) is 16.8 Å². The summed E-state index contributed by atoms with van der Waals surface area (Å²) >= 11 is 0. The second-order valence-electron chi connectivity index (χ2n) is 6.40. The number of nitrogens with two attached hydrogens (primary N) is 1. The molecule has 1 aromatic rings. The van der Waals surface area contributed by atoms with E-state index in [4.69, 9.17) is 5.73 Å². The fourth-order valence-corrected chi connectivity index (χ4v) is 2.55. The van der Waals surface area contributed by atoms with Crippen molar-refractivity contribution in [2.45, 2.75) is 47.1 Å². The second-order valence-corrected chi connectivity index (χ2v) is 6.40. The Morgan fingerprint density at radius 3 is 2.21 bits per heavy atom. The molecule has 6 heteroatoms. The molecule has 1 atom stereocenters. The van der Waals surface area contributed by atoms with Gasteiger partial charge in [0.25, 0.3) is 0 Å². The number of amides is 2. The van der Waals surface area contributed by atoms with Gasteiger partial charge in [-0.2, -0.15) is 0 Å². The molecule has 0 aromatic heterocycles. The van der Waals surface area contributed by atoms with Crippen molar-refractivity contribution < 1.29 is 9.59 Å². The van der Waals surface area contributed by atoms with Gasteiger partial charge in [0, 0.05) is 12.2 Å². The number of halogens is 1. The number of nitrogens with zero attached hydrogens (tertiary/aromatic N) is 1. The molecular weight excluding hydrogens is 326 g/mol. The molecule has 0 fully saturated rings. The van der Waals surface area contributed by atoms with Crippen LogP contribution in [0.1, 0.15) is 38.3 Å². The van der Waals surface area contributed by atoms with E-state index < -0.39 is 6.04 Å². The van der Waals surface area contributed by atoms with Gasteiger partial charge >= 0.3 is 0 Å². The molecule has 1 rings (SSSR count). The van der Waals surface area contributed by atoms with Crippen molar-refractivity contribution in [1.82, 2.24) is 4.90 Å². The van der Waals surface area contributed by atoms with Crippen molar-refractivity contribution in [3.05, 3.63) is 29.3 Å². The van der Waals surface area contributed by atoms with Gasteiger partial charge in [-0.05, 0) is 44.2 Å². The van der Waals surface area contributed by atoms with Crippen LogP contribution in [0.2, 0.25) is 0 Å². The molecule has 0 aliphatic rings. The van der Waals surface area contributed by atoms with Crippen LogP contribution in [0.5, 0.6) is 0 Å². The average Bonchev–Trinajstić information content (AvgIpc) is 2.47. The Morgan fingerprint density at radius 1 is 1.21 bits per heavy atom. The summed E-state index contributed by atoms with van der Waals surface area (Å²) in [5.74, 6) is -0.0247. The van der Waals surface area contributed by atoms with Crippen LogP contribution in [-0.2, 0) is 9.59 Å². The maximum absolute atomic E-state index is 12.4. The Hall–Kier alpha value is -1.59. The number of para-hydroxylation sites is 1. The molecule has 0 aliphatic heterocycles. The molecule has 0 heterocycles. The third-order valence-corrected chi connectivity index (χ3v) is 3.82. The molecule has 3 N–H and O–H groups in total. The topological polar surface area (TPSA) is 75.4 Å². The average molecular weight is 356 g/mol. The number of rotatable bonds is 7. The summed E-state index contributed by atoms with van der Waals surface area (Å²) in [6, 6.07) is 5.30. The number of benzene rings is 1. The van der Waals surface area contributed by atoms with E-state index in [1.54, 1.807) is 0 Å². The van der Waals surface area contributed by atoms with Crippen molar-refractivity contribution in [3.63, 3.8) is 0 Å². The summed E-state index contributed by atoms with van der Waals surface area (Å²) in [7, 11) is 0. The van der Waals surface area contributed by atoms with Crippen LogP contribution in [-0.4, -0.2) is 35.8 Å². The lowest BCUT2D eigenvalue weighted by Gasteiger charge is -2.25. The first kappa shape index (κ1) is 22.4. The molecule has 0 bridgehead atoms. The second kappa shape index (κ2) is 10.3. The van der Waals surface area contributed by atoms with Crippen molar-refractivity contribution in [2.75, 3.05) is 18.4 Å². The fourth-order valence-electron chi connectivity index (χ4n) is 2.55. The molecule has 24 heavy (non-hydrogen) atoms. The number of carbonyl (C=O) groups excluding carboxylic acids is 2. The third kappa shape index (κ3) is 6.49. The van der Waals surface area contributed by atoms with Crippen molar-refractivity contribution in [2.24, 2.45) is 11.7 Å². The normalized spacial score (nSPS) is 11.6. The van der Waals surface area contributed by atoms with E-state index in [9.17, 15) is 9.59 Å². The van der Waals surface area contributed by atoms with Crippen LogP contribution in [0.15, 0.2) is 18.2 Å². The fraction of sp³-hybridized carbons (Fsp3) is 0.556. The van der Waals surface area contributed by atoms with Gasteiger partial charge in [-0.25, -0.2) is 0 Å². The minimum atomic E-state index is -0.553. The monoisotopic (exact) mass is 355 g/mol. The van der Waals surface area contributed by atoms with E-state index in [2.05, 4.69) is 5.32 Å². The highest BCUT2D eigenvalue weighted by Crippen LogP contribution is 2.19. The summed E-state index contributed by atoms with van der Waals surface area (Å²) in [5.41, 5.74) is 8.77. The zero-order valence-electron chi connectivity index (χ0n) is 15.3. The highest BCUT2D eigenvalue weighted by Gasteiger charge is 2.22. The quantitative estimate of drug-likeness (QED) is 0.789. The summed E-state index contributed by atoms with van der Waals surface area (Å²) in [5, 5.41) is 2.90. The Bertz CT molecular complexity index is 541. The van der Waals surface area contributed by atoms with Crippen LogP contribution < -0.4 is 11.1 Å². The molecule has 0 radical (unpaired) electrons. The van der Waals surface area contributed by atoms with Gasteiger partial charge in [0.2, 0.25) is 11.8 Å². The van der Waals surface area contributed by atoms with Crippen molar-refractivity contribution in [1.29, 1.82) is 0 Å². The minimum absolute atomic E-state index is 0. The predicted molar refractivity (Wildman–Crippen MR) is 101 cm³/mol. The zero-order valence-corrected chi connectivity index (χ0v) is 16.1. The van der Waals surface area contributed by atoms with Gasteiger partial charge in [0.1, 0.15) is 0 Å². The number of aryl methyl sites for hydroxylation is 2.